The molecule has 0 aromatic heterocycles. The first-order valence-electron chi connectivity index (χ1n) is 7.25. The lowest BCUT2D eigenvalue weighted by atomic mass is 9.94. The second kappa shape index (κ2) is 6.22. The zero-order valence-electron chi connectivity index (χ0n) is 12.2. The molecule has 1 saturated heterocycles. The smallest absolute Gasteiger partial charge is 0.240 e. The van der Waals surface area contributed by atoms with Crippen LogP contribution in [0.25, 0.3) is 0 Å². The number of nitrogens with zero attached hydrogens (tertiary/aromatic N) is 2. The molecule has 1 N–H and O–H groups in total. The van der Waals surface area contributed by atoms with E-state index in [4.69, 9.17) is 16.3 Å². The summed E-state index contributed by atoms with van der Waals surface area (Å²) >= 11 is 6.30. The number of ether oxygens (including phenoxy) is 1. The van der Waals surface area contributed by atoms with Crippen molar-refractivity contribution in [1.29, 1.82) is 0 Å². The highest BCUT2D eigenvalue weighted by Crippen LogP contribution is 2.32. The largest absolute Gasteiger partial charge is 0.378 e. The van der Waals surface area contributed by atoms with E-state index in [1.807, 2.05) is 11.8 Å². The van der Waals surface area contributed by atoms with E-state index in [0.29, 0.717) is 54.7 Å². The van der Waals surface area contributed by atoms with Crippen molar-refractivity contribution in [2.24, 2.45) is 11.0 Å². The van der Waals surface area contributed by atoms with Crippen molar-refractivity contribution in [3.63, 3.8) is 0 Å². The Morgan fingerprint density at radius 1 is 1.41 bits per heavy atom. The lowest BCUT2D eigenvalue weighted by Gasteiger charge is -2.30. The summed E-state index contributed by atoms with van der Waals surface area (Å²) < 4.78 is 19.8. The maximum atomic E-state index is 14.5. The van der Waals surface area contributed by atoms with E-state index < -0.39 is 0 Å². The summed E-state index contributed by atoms with van der Waals surface area (Å²) in [4.78, 5) is 13.2. The molecule has 0 radical (unpaired) electrons. The van der Waals surface area contributed by atoms with Gasteiger partial charge in [-0.2, -0.15) is 5.10 Å². The Kier molecular flexibility index (Phi) is 4.31. The highest BCUT2D eigenvalue weighted by Gasteiger charge is 2.25. The molecule has 0 unspecified atom stereocenters. The summed E-state index contributed by atoms with van der Waals surface area (Å²) in [7, 11) is 0. The van der Waals surface area contributed by atoms with Crippen LogP contribution < -0.4 is 10.3 Å². The van der Waals surface area contributed by atoms with Crippen LogP contribution in [0.4, 0.5) is 10.1 Å². The van der Waals surface area contributed by atoms with Gasteiger partial charge in [0.2, 0.25) is 5.91 Å². The Morgan fingerprint density at radius 2 is 2.14 bits per heavy atom. The quantitative estimate of drug-likeness (QED) is 0.906. The number of amides is 1. The summed E-state index contributed by atoms with van der Waals surface area (Å²) in [5.41, 5.74) is 4.09. The van der Waals surface area contributed by atoms with E-state index in [2.05, 4.69) is 10.5 Å². The van der Waals surface area contributed by atoms with E-state index in [1.54, 1.807) is 6.07 Å². The van der Waals surface area contributed by atoms with Crippen LogP contribution in [0.5, 0.6) is 0 Å². The molecule has 2 aliphatic rings. The number of rotatable bonds is 2. The predicted octanol–water partition coefficient (Wildman–Crippen LogP) is 2.18. The minimum atomic E-state index is -0.379. The molecule has 1 amide bonds. The monoisotopic (exact) mass is 325 g/mol. The molecule has 1 atom stereocenters. The fourth-order valence-electron chi connectivity index (χ4n) is 2.80. The molecule has 0 aliphatic carbocycles. The summed E-state index contributed by atoms with van der Waals surface area (Å²) in [6.45, 7) is 4.24. The van der Waals surface area contributed by atoms with Crippen molar-refractivity contribution >= 4 is 28.9 Å². The highest BCUT2D eigenvalue weighted by molar-refractivity contribution is 6.33. The molecular formula is C15H17ClFN3O2. The average molecular weight is 326 g/mol. The summed E-state index contributed by atoms with van der Waals surface area (Å²) in [6.07, 6.45) is 0.337. The number of benzene rings is 1. The number of nitrogens with one attached hydrogen (secondary N) is 1. The number of anilines is 1. The van der Waals surface area contributed by atoms with Gasteiger partial charge >= 0.3 is 0 Å². The average Bonchev–Trinajstić information content (AvgIpc) is 2.47. The molecular weight excluding hydrogens is 309 g/mol. The number of carbonyl (C=O) groups excluding carboxylic acids is 1. The molecule has 1 aromatic rings. The summed E-state index contributed by atoms with van der Waals surface area (Å²) in [5, 5.41) is 4.39. The minimum absolute atomic E-state index is 0.0709. The van der Waals surface area contributed by atoms with E-state index in [-0.39, 0.29) is 17.6 Å². The second-order valence-electron chi connectivity index (χ2n) is 5.53. The molecule has 5 nitrogen and oxygen atoms in total. The summed E-state index contributed by atoms with van der Waals surface area (Å²) in [5.74, 6) is -0.581. The van der Waals surface area contributed by atoms with E-state index in [1.165, 1.54) is 6.07 Å². The standard InChI is InChI=1S/C15H17ClFN3O2/c1-9-6-13(21)18-19-14(9)10-7-11(16)15(12(17)8-10)20-2-4-22-5-3-20/h7-9H,2-6H2,1H3,(H,18,21)/t9-/m0/s1. The normalized spacial score (nSPS) is 22.3. The van der Waals surface area contributed by atoms with Gasteiger partial charge in [0.05, 0.1) is 29.6 Å². The molecule has 2 aliphatic heterocycles. The third-order valence-corrected chi connectivity index (χ3v) is 4.19. The zero-order valence-corrected chi connectivity index (χ0v) is 13.0. The van der Waals surface area contributed by atoms with Gasteiger partial charge in [-0.15, -0.1) is 0 Å². The Labute approximate surface area is 133 Å². The van der Waals surface area contributed by atoms with Crippen molar-refractivity contribution in [1.82, 2.24) is 5.43 Å². The van der Waals surface area contributed by atoms with E-state index >= 15 is 0 Å². The number of hydrogen-bond donors (Lipinski definition) is 1. The Hall–Kier alpha value is -1.66. The third-order valence-electron chi connectivity index (χ3n) is 3.90. The lowest BCUT2D eigenvalue weighted by Crippen LogP contribution is -2.37. The number of carbonyl (C=O) groups is 1. The fourth-order valence-corrected chi connectivity index (χ4v) is 3.13. The van der Waals surface area contributed by atoms with Crippen molar-refractivity contribution in [2.45, 2.75) is 13.3 Å². The van der Waals surface area contributed by atoms with Gasteiger partial charge in [-0.05, 0) is 12.1 Å². The van der Waals surface area contributed by atoms with E-state index in [0.717, 1.165) is 0 Å². The number of halogens is 2. The van der Waals surface area contributed by atoms with Crippen LogP contribution in [0.1, 0.15) is 18.9 Å². The van der Waals surface area contributed by atoms with Gasteiger partial charge in [0, 0.05) is 31.0 Å². The van der Waals surface area contributed by atoms with Gasteiger partial charge in [-0.1, -0.05) is 18.5 Å². The second-order valence-corrected chi connectivity index (χ2v) is 5.93. The SMILES string of the molecule is C[C@H]1CC(=O)NN=C1c1cc(F)c(N2CCOCC2)c(Cl)c1. The molecule has 22 heavy (non-hydrogen) atoms. The summed E-state index contributed by atoms with van der Waals surface area (Å²) in [6, 6.07) is 3.14. The highest BCUT2D eigenvalue weighted by atomic mass is 35.5. The Bertz CT molecular complexity index is 606. The molecule has 0 saturated carbocycles. The van der Waals surface area contributed by atoms with Crippen LogP contribution in [0.3, 0.4) is 0 Å². The molecule has 7 heteroatoms. The number of morpholine rings is 1. The molecule has 118 valence electrons. The van der Waals surface area contributed by atoms with Crippen LogP contribution in [0.15, 0.2) is 17.2 Å². The van der Waals surface area contributed by atoms with Crippen molar-refractivity contribution in [2.75, 3.05) is 31.2 Å². The predicted molar refractivity (Wildman–Crippen MR) is 82.9 cm³/mol. The molecule has 1 fully saturated rings. The van der Waals surface area contributed by atoms with Crippen molar-refractivity contribution in [3.05, 3.63) is 28.5 Å². The fraction of sp³-hybridized carbons (Fsp3) is 0.467. The van der Waals surface area contributed by atoms with Crippen LogP contribution in [0, 0.1) is 11.7 Å². The van der Waals surface area contributed by atoms with Gasteiger partial charge in [-0.3, -0.25) is 4.79 Å². The van der Waals surface area contributed by atoms with Gasteiger partial charge < -0.3 is 9.64 Å². The van der Waals surface area contributed by atoms with Crippen LogP contribution in [0.2, 0.25) is 5.02 Å². The Balaban J connectivity index is 1.94. The first-order chi connectivity index (χ1) is 10.6. The van der Waals surface area contributed by atoms with Gasteiger partial charge in [-0.25, -0.2) is 9.82 Å². The van der Waals surface area contributed by atoms with Crippen LogP contribution >= 0.6 is 11.6 Å². The maximum absolute atomic E-state index is 14.5. The van der Waals surface area contributed by atoms with Crippen LogP contribution in [-0.4, -0.2) is 37.9 Å². The topological polar surface area (TPSA) is 53.9 Å². The maximum Gasteiger partial charge on any atom is 0.240 e. The van der Waals surface area contributed by atoms with Gasteiger partial charge in [0.15, 0.2) is 0 Å². The Morgan fingerprint density at radius 3 is 2.77 bits per heavy atom. The van der Waals surface area contributed by atoms with Crippen LogP contribution in [-0.2, 0) is 9.53 Å². The molecule has 0 spiro atoms. The third kappa shape index (κ3) is 2.94. The molecule has 0 bridgehead atoms. The molecule has 3 rings (SSSR count). The molecule has 1 aromatic carbocycles. The zero-order chi connectivity index (χ0) is 15.7. The van der Waals surface area contributed by atoms with Crippen molar-refractivity contribution < 1.29 is 13.9 Å². The first-order valence-corrected chi connectivity index (χ1v) is 7.62. The number of hydrogen-bond acceptors (Lipinski definition) is 4. The minimum Gasteiger partial charge on any atom is -0.378 e. The van der Waals surface area contributed by atoms with Gasteiger partial charge in [0.1, 0.15) is 5.82 Å². The molecule has 2 heterocycles. The number of hydrazone groups is 1. The van der Waals surface area contributed by atoms with Crippen molar-refractivity contribution in [3.8, 4) is 0 Å². The van der Waals surface area contributed by atoms with Gasteiger partial charge in [0.25, 0.3) is 0 Å². The van der Waals surface area contributed by atoms with E-state index in [9.17, 15) is 9.18 Å². The lowest BCUT2D eigenvalue weighted by molar-refractivity contribution is -0.121. The first kappa shape index (κ1) is 15.2.